The summed E-state index contributed by atoms with van der Waals surface area (Å²) in [6, 6.07) is 10.0. The Morgan fingerprint density at radius 3 is 2.76 bits per heavy atom. The molecule has 0 saturated carbocycles. The fourth-order valence-corrected chi connectivity index (χ4v) is 4.15. The predicted octanol–water partition coefficient (Wildman–Crippen LogP) is 2.38. The summed E-state index contributed by atoms with van der Waals surface area (Å²) in [7, 11) is 0. The summed E-state index contributed by atoms with van der Waals surface area (Å²) in [5, 5.41) is 0. The van der Waals surface area contributed by atoms with Gasteiger partial charge in [0.2, 0.25) is 5.95 Å². The third kappa shape index (κ3) is 5.16. The molecule has 29 heavy (non-hydrogen) atoms. The van der Waals surface area contributed by atoms with Crippen LogP contribution < -0.4 is 15.2 Å². The van der Waals surface area contributed by atoms with Gasteiger partial charge in [-0.25, -0.2) is 4.98 Å². The van der Waals surface area contributed by atoms with E-state index < -0.39 is 0 Å². The molecule has 2 fully saturated rings. The number of piperidine rings is 1. The molecule has 7 heteroatoms. The lowest BCUT2D eigenvalue weighted by Gasteiger charge is -2.33. The van der Waals surface area contributed by atoms with Gasteiger partial charge < -0.3 is 14.4 Å². The first-order valence-corrected chi connectivity index (χ1v) is 10.6. The number of benzene rings is 1. The van der Waals surface area contributed by atoms with Gasteiger partial charge in [-0.2, -0.15) is 0 Å². The van der Waals surface area contributed by atoms with Gasteiger partial charge in [0.1, 0.15) is 5.75 Å². The number of likely N-dealkylation sites (tertiary alicyclic amines) is 1. The maximum atomic E-state index is 12.3. The molecule has 4 rings (SSSR count). The van der Waals surface area contributed by atoms with Crippen LogP contribution in [0, 0.1) is 0 Å². The van der Waals surface area contributed by atoms with Crippen LogP contribution in [-0.2, 0) is 11.3 Å². The molecule has 1 N–H and O–H groups in total. The van der Waals surface area contributed by atoms with Gasteiger partial charge in [0.25, 0.3) is 5.56 Å². The van der Waals surface area contributed by atoms with Crippen LogP contribution in [0.25, 0.3) is 0 Å². The molecule has 2 saturated heterocycles. The van der Waals surface area contributed by atoms with Crippen molar-refractivity contribution < 1.29 is 9.47 Å². The highest BCUT2D eigenvalue weighted by Crippen LogP contribution is 2.27. The van der Waals surface area contributed by atoms with E-state index in [1.807, 2.05) is 19.1 Å². The standard InChI is InChI=1S/C22H30N4O3/c1-2-29-19-7-5-17(6-8-19)15-25-9-3-4-18(16-25)20-14-21(27)24-22(23-20)26-10-12-28-13-11-26/h5-8,14,18H,2-4,9-13,15-16H2,1H3,(H,23,24,27). The second-order valence-corrected chi connectivity index (χ2v) is 7.74. The minimum absolute atomic E-state index is 0.0693. The van der Waals surface area contributed by atoms with Crippen molar-refractivity contribution in [1.82, 2.24) is 14.9 Å². The van der Waals surface area contributed by atoms with Crippen LogP contribution in [-0.4, -0.2) is 60.9 Å². The maximum Gasteiger partial charge on any atom is 0.252 e. The van der Waals surface area contributed by atoms with Crippen LogP contribution in [0.5, 0.6) is 5.75 Å². The van der Waals surface area contributed by atoms with E-state index in [2.05, 4.69) is 26.9 Å². The van der Waals surface area contributed by atoms with Crippen LogP contribution in [0.2, 0.25) is 0 Å². The van der Waals surface area contributed by atoms with Crippen LogP contribution in [0.3, 0.4) is 0 Å². The number of H-pyrrole nitrogens is 1. The summed E-state index contributed by atoms with van der Waals surface area (Å²) in [5.41, 5.74) is 2.12. The molecule has 0 radical (unpaired) electrons. The van der Waals surface area contributed by atoms with Crippen molar-refractivity contribution in [2.45, 2.75) is 32.2 Å². The zero-order chi connectivity index (χ0) is 20.1. The quantitative estimate of drug-likeness (QED) is 0.806. The Morgan fingerprint density at radius 1 is 1.21 bits per heavy atom. The van der Waals surface area contributed by atoms with E-state index in [4.69, 9.17) is 14.5 Å². The summed E-state index contributed by atoms with van der Waals surface area (Å²) in [5.74, 6) is 1.88. The number of anilines is 1. The molecule has 1 atom stereocenters. The zero-order valence-electron chi connectivity index (χ0n) is 17.1. The number of nitrogens with zero attached hydrogens (tertiary/aromatic N) is 3. The van der Waals surface area contributed by atoms with Crippen LogP contribution in [0.4, 0.5) is 5.95 Å². The van der Waals surface area contributed by atoms with E-state index in [9.17, 15) is 4.79 Å². The largest absolute Gasteiger partial charge is 0.494 e. The minimum Gasteiger partial charge on any atom is -0.494 e. The number of rotatable bonds is 6. The first-order chi connectivity index (χ1) is 14.2. The van der Waals surface area contributed by atoms with Gasteiger partial charge in [0.05, 0.1) is 25.5 Å². The Bertz CT molecular complexity index is 846. The van der Waals surface area contributed by atoms with Crippen molar-refractivity contribution in [3.63, 3.8) is 0 Å². The Morgan fingerprint density at radius 2 is 2.00 bits per heavy atom. The molecule has 1 aromatic heterocycles. The molecule has 0 spiro atoms. The van der Waals surface area contributed by atoms with Crippen LogP contribution in [0.1, 0.15) is 36.9 Å². The minimum atomic E-state index is -0.0693. The molecule has 0 amide bonds. The fourth-order valence-electron chi connectivity index (χ4n) is 4.15. The first-order valence-electron chi connectivity index (χ1n) is 10.6. The van der Waals surface area contributed by atoms with E-state index in [1.165, 1.54) is 5.56 Å². The number of hydrogen-bond donors (Lipinski definition) is 1. The molecule has 0 bridgehead atoms. The normalized spacial score (nSPS) is 20.6. The van der Waals surface area contributed by atoms with Gasteiger partial charge in [0.15, 0.2) is 0 Å². The highest BCUT2D eigenvalue weighted by molar-refractivity contribution is 5.32. The highest BCUT2D eigenvalue weighted by Gasteiger charge is 2.24. The summed E-state index contributed by atoms with van der Waals surface area (Å²) in [6.07, 6.45) is 2.18. The molecule has 1 unspecified atom stereocenters. The Balaban J connectivity index is 1.44. The molecule has 3 heterocycles. The molecule has 7 nitrogen and oxygen atoms in total. The van der Waals surface area contributed by atoms with Crippen LogP contribution in [0.15, 0.2) is 35.1 Å². The first kappa shape index (κ1) is 19.9. The second kappa shape index (κ2) is 9.41. The highest BCUT2D eigenvalue weighted by atomic mass is 16.5. The topological polar surface area (TPSA) is 70.7 Å². The van der Waals surface area contributed by atoms with E-state index in [0.29, 0.717) is 25.8 Å². The third-order valence-corrected chi connectivity index (χ3v) is 5.62. The Labute approximate surface area is 171 Å². The average molecular weight is 399 g/mol. The predicted molar refractivity (Wildman–Crippen MR) is 113 cm³/mol. The smallest absolute Gasteiger partial charge is 0.252 e. The molecule has 1 aromatic carbocycles. The number of aromatic nitrogens is 2. The SMILES string of the molecule is CCOc1ccc(CN2CCCC(c3cc(=O)[nH]c(N4CCOCC4)n3)C2)cc1. The lowest BCUT2D eigenvalue weighted by molar-refractivity contribution is 0.122. The number of hydrogen-bond acceptors (Lipinski definition) is 6. The Kier molecular flexibility index (Phi) is 6.46. The van der Waals surface area contributed by atoms with E-state index in [-0.39, 0.29) is 11.5 Å². The second-order valence-electron chi connectivity index (χ2n) is 7.74. The molecule has 156 valence electrons. The van der Waals surface area contributed by atoms with Crippen molar-refractivity contribution >= 4 is 5.95 Å². The summed E-state index contributed by atoms with van der Waals surface area (Å²) in [6.45, 7) is 8.46. The lowest BCUT2D eigenvalue weighted by Crippen LogP contribution is -2.39. The van der Waals surface area contributed by atoms with Gasteiger partial charge in [-0.3, -0.25) is 14.7 Å². The van der Waals surface area contributed by atoms with Gasteiger partial charge in [-0.05, 0) is 44.0 Å². The van der Waals surface area contributed by atoms with Gasteiger partial charge >= 0.3 is 0 Å². The molecule has 0 aliphatic carbocycles. The maximum absolute atomic E-state index is 12.3. The number of morpholine rings is 1. The van der Waals surface area contributed by atoms with Gasteiger partial charge in [-0.15, -0.1) is 0 Å². The van der Waals surface area contributed by atoms with E-state index >= 15 is 0 Å². The van der Waals surface area contributed by atoms with Crippen molar-refractivity contribution in [1.29, 1.82) is 0 Å². The summed E-state index contributed by atoms with van der Waals surface area (Å²) < 4.78 is 10.9. The van der Waals surface area contributed by atoms with Crippen molar-refractivity contribution in [3.05, 3.63) is 51.9 Å². The number of ether oxygens (including phenoxy) is 2. The lowest BCUT2D eigenvalue weighted by atomic mass is 9.94. The number of nitrogens with one attached hydrogen (secondary N) is 1. The molecular formula is C22H30N4O3. The van der Waals surface area contributed by atoms with Gasteiger partial charge in [-0.1, -0.05) is 12.1 Å². The van der Waals surface area contributed by atoms with Crippen molar-refractivity contribution in [2.24, 2.45) is 0 Å². The third-order valence-electron chi connectivity index (χ3n) is 5.62. The molecular weight excluding hydrogens is 368 g/mol. The van der Waals surface area contributed by atoms with E-state index in [1.54, 1.807) is 6.07 Å². The monoisotopic (exact) mass is 398 g/mol. The fraction of sp³-hybridized carbons (Fsp3) is 0.545. The molecule has 2 aromatic rings. The average Bonchev–Trinajstić information content (AvgIpc) is 2.76. The summed E-state index contributed by atoms with van der Waals surface area (Å²) >= 11 is 0. The molecule has 2 aliphatic heterocycles. The van der Waals surface area contributed by atoms with Gasteiger partial charge in [0, 0.05) is 38.2 Å². The van der Waals surface area contributed by atoms with Crippen molar-refractivity contribution in [2.75, 3.05) is 50.9 Å². The van der Waals surface area contributed by atoms with E-state index in [0.717, 1.165) is 57.0 Å². The number of aromatic amines is 1. The van der Waals surface area contributed by atoms with Crippen LogP contribution >= 0.6 is 0 Å². The Hall–Kier alpha value is -2.38. The summed E-state index contributed by atoms with van der Waals surface area (Å²) in [4.78, 5) is 24.6. The molecule has 2 aliphatic rings. The van der Waals surface area contributed by atoms with Crippen molar-refractivity contribution in [3.8, 4) is 5.75 Å². The zero-order valence-corrected chi connectivity index (χ0v) is 17.1.